The number of aromatic amines is 1. The van der Waals surface area contributed by atoms with E-state index in [1.54, 1.807) is 4.57 Å². The summed E-state index contributed by atoms with van der Waals surface area (Å²) in [6, 6.07) is 15.9. The summed E-state index contributed by atoms with van der Waals surface area (Å²) in [7, 11) is 0. The number of tetrazole rings is 1. The average Bonchev–Trinajstić information content (AvgIpc) is 3.65. The Hall–Kier alpha value is -4.27. The van der Waals surface area contributed by atoms with E-state index < -0.39 is 0 Å². The summed E-state index contributed by atoms with van der Waals surface area (Å²) < 4.78 is 5.76. The quantitative estimate of drug-likeness (QED) is 0.332. The van der Waals surface area contributed by atoms with Crippen LogP contribution in [0.25, 0.3) is 28.3 Å². The zero-order chi connectivity index (χ0) is 26.0. The first-order chi connectivity index (χ1) is 17.9. The van der Waals surface area contributed by atoms with E-state index in [0.29, 0.717) is 12.4 Å². The van der Waals surface area contributed by atoms with E-state index in [2.05, 4.69) is 52.9 Å². The van der Waals surface area contributed by atoms with Crippen molar-refractivity contribution in [3.8, 4) is 28.3 Å². The van der Waals surface area contributed by atoms with Crippen molar-refractivity contribution in [3.63, 3.8) is 0 Å². The summed E-state index contributed by atoms with van der Waals surface area (Å²) >= 11 is 0. The molecule has 5 rings (SSSR count). The van der Waals surface area contributed by atoms with Crippen molar-refractivity contribution in [2.45, 2.75) is 59.0 Å². The first-order valence-corrected chi connectivity index (χ1v) is 12.6. The summed E-state index contributed by atoms with van der Waals surface area (Å²) in [5.41, 5.74) is 4.49. The fourth-order valence-electron chi connectivity index (χ4n) is 4.61. The number of H-pyrrole nitrogens is 1. The summed E-state index contributed by atoms with van der Waals surface area (Å²) in [6.45, 7) is 8.99. The Kier molecular flexibility index (Phi) is 6.60. The third-order valence-corrected chi connectivity index (χ3v) is 6.53. The lowest BCUT2D eigenvalue weighted by atomic mass is 10.0. The number of hydrogen-bond donors (Lipinski definition) is 1. The Balaban J connectivity index is 1.48. The minimum Gasteiger partial charge on any atom is -0.329 e. The molecule has 4 aromatic heterocycles. The largest absolute Gasteiger partial charge is 0.334 e. The first-order valence-electron chi connectivity index (χ1n) is 12.6. The highest BCUT2D eigenvalue weighted by Gasteiger charge is 2.20. The molecule has 4 heterocycles. The van der Waals surface area contributed by atoms with Crippen LogP contribution in [0.1, 0.15) is 51.9 Å². The molecule has 0 saturated heterocycles. The van der Waals surface area contributed by atoms with Crippen molar-refractivity contribution in [1.29, 1.82) is 0 Å². The van der Waals surface area contributed by atoms with Gasteiger partial charge in [0.05, 0.1) is 12.2 Å². The topological polar surface area (TPSA) is 99.2 Å². The number of rotatable bonds is 8. The molecule has 0 unspecified atom stereocenters. The van der Waals surface area contributed by atoms with Gasteiger partial charge in [-0.25, -0.2) is 9.89 Å². The Bertz CT molecular complexity index is 1530. The second-order valence-corrected chi connectivity index (χ2v) is 10.2. The van der Waals surface area contributed by atoms with Crippen molar-refractivity contribution in [1.82, 2.24) is 39.3 Å². The van der Waals surface area contributed by atoms with Crippen molar-refractivity contribution in [2.24, 2.45) is 0 Å². The van der Waals surface area contributed by atoms with Crippen LogP contribution < -0.4 is 5.69 Å². The van der Waals surface area contributed by atoms with Gasteiger partial charge in [-0.1, -0.05) is 43.7 Å². The Morgan fingerprint density at radius 2 is 1.81 bits per heavy atom. The zero-order valence-corrected chi connectivity index (χ0v) is 21.7. The Morgan fingerprint density at radius 3 is 2.49 bits per heavy atom. The van der Waals surface area contributed by atoms with Gasteiger partial charge in [-0.2, -0.15) is 0 Å². The summed E-state index contributed by atoms with van der Waals surface area (Å²) in [6.07, 6.45) is 8.78. The van der Waals surface area contributed by atoms with Gasteiger partial charge in [0, 0.05) is 41.0 Å². The van der Waals surface area contributed by atoms with Gasteiger partial charge in [0.1, 0.15) is 5.82 Å². The van der Waals surface area contributed by atoms with Crippen LogP contribution in [0.5, 0.6) is 0 Å². The number of nitrogens with one attached hydrogen (secondary N) is 1. The zero-order valence-electron chi connectivity index (χ0n) is 21.7. The molecule has 0 aliphatic carbocycles. The second-order valence-electron chi connectivity index (χ2n) is 10.2. The highest BCUT2D eigenvalue weighted by Crippen LogP contribution is 2.29. The number of unbranched alkanes of at least 4 members (excludes halogenated alkanes) is 1. The maximum Gasteiger partial charge on any atom is 0.334 e. The van der Waals surface area contributed by atoms with Gasteiger partial charge >= 0.3 is 5.69 Å². The van der Waals surface area contributed by atoms with Gasteiger partial charge in [-0.05, 0) is 67.8 Å². The molecule has 9 nitrogen and oxygen atoms in total. The molecule has 0 radical (unpaired) electrons. The lowest BCUT2D eigenvalue weighted by Gasteiger charge is -2.24. The van der Waals surface area contributed by atoms with Crippen molar-refractivity contribution in [2.75, 3.05) is 0 Å². The molecule has 0 aliphatic heterocycles. The molecule has 0 amide bonds. The molecule has 5 aromatic rings. The lowest BCUT2D eigenvalue weighted by molar-refractivity contribution is 0.393. The normalized spacial score (nSPS) is 11.8. The minimum absolute atomic E-state index is 0.0515. The van der Waals surface area contributed by atoms with Crippen LogP contribution >= 0.6 is 0 Å². The maximum atomic E-state index is 13.7. The van der Waals surface area contributed by atoms with Crippen LogP contribution in [0, 0.1) is 0 Å². The average molecular weight is 497 g/mol. The number of imidazole rings is 1. The number of nitrogens with zero attached hydrogens (tertiary/aromatic N) is 7. The first kappa shape index (κ1) is 24.4. The fourth-order valence-corrected chi connectivity index (χ4v) is 4.61. The van der Waals surface area contributed by atoms with E-state index in [0.717, 1.165) is 53.2 Å². The summed E-state index contributed by atoms with van der Waals surface area (Å²) in [5, 5.41) is 14.3. The smallest absolute Gasteiger partial charge is 0.329 e. The van der Waals surface area contributed by atoms with E-state index in [1.165, 1.54) is 0 Å². The van der Waals surface area contributed by atoms with Gasteiger partial charge in [-0.3, -0.25) is 14.1 Å². The van der Waals surface area contributed by atoms with E-state index in [4.69, 9.17) is 4.98 Å². The van der Waals surface area contributed by atoms with Crippen LogP contribution in [-0.4, -0.2) is 39.3 Å². The van der Waals surface area contributed by atoms with Crippen molar-refractivity contribution < 1.29 is 0 Å². The van der Waals surface area contributed by atoms with E-state index in [1.807, 2.05) is 71.7 Å². The fraction of sp³-hybridized carbons (Fsp3) is 0.321. The SMILES string of the molecule is CCCCc1cn(-c2cccn2C(C)(C)C)c(=O)n1Cc1ccc(-c2ccccc2-c2nnn[nH]2)cn1. The molecule has 0 bridgehead atoms. The highest BCUT2D eigenvalue weighted by atomic mass is 16.1. The summed E-state index contributed by atoms with van der Waals surface area (Å²) in [4.78, 5) is 18.4. The van der Waals surface area contributed by atoms with Crippen LogP contribution in [0.2, 0.25) is 0 Å². The Morgan fingerprint density at radius 1 is 1.00 bits per heavy atom. The molecule has 0 spiro atoms. The third-order valence-electron chi connectivity index (χ3n) is 6.53. The molecule has 0 fully saturated rings. The number of aromatic nitrogens is 8. The molecule has 37 heavy (non-hydrogen) atoms. The number of benzene rings is 1. The monoisotopic (exact) mass is 496 g/mol. The predicted molar refractivity (Wildman–Crippen MR) is 144 cm³/mol. The van der Waals surface area contributed by atoms with E-state index in [-0.39, 0.29) is 11.2 Å². The number of hydrogen-bond acceptors (Lipinski definition) is 5. The van der Waals surface area contributed by atoms with Crippen molar-refractivity contribution >= 4 is 0 Å². The van der Waals surface area contributed by atoms with Crippen LogP contribution in [0.15, 0.2) is 71.9 Å². The number of pyridine rings is 1. The third kappa shape index (κ3) is 4.89. The molecule has 0 aliphatic rings. The molecule has 190 valence electrons. The second kappa shape index (κ2) is 10.0. The van der Waals surface area contributed by atoms with Crippen molar-refractivity contribution in [3.05, 3.63) is 89.0 Å². The van der Waals surface area contributed by atoms with Gasteiger partial charge in [-0.15, -0.1) is 5.10 Å². The van der Waals surface area contributed by atoms with Crippen LogP contribution in [0.3, 0.4) is 0 Å². The molecular weight excluding hydrogens is 464 g/mol. The highest BCUT2D eigenvalue weighted by molar-refractivity contribution is 5.79. The predicted octanol–water partition coefficient (Wildman–Crippen LogP) is 4.83. The van der Waals surface area contributed by atoms with Crippen LogP contribution in [-0.2, 0) is 18.5 Å². The van der Waals surface area contributed by atoms with Gasteiger partial charge in [0.2, 0.25) is 0 Å². The standard InChI is InChI=1S/C28H32N8O/c1-5-6-10-22-19-35(25-13-9-16-36(25)28(2,3)4)27(37)34(22)18-21-15-14-20(17-29-21)23-11-7-8-12-24(23)26-30-32-33-31-26/h7-9,11-17,19H,5-6,10,18H2,1-4H3,(H,30,31,32,33). The van der Waals surface area contributed by atoms with Gasteiger partial charge < -0.3 is 4.57 Å². The molecule has 1 aromatic carbocycles. The van der Waals surface area contributed by atoms with Crippen LogP contribution in [0.4, 0.5) is 0 Å². The summed E-state index contributed by atoms with van der Waals surface area (Å²) in [5.74, 6) is 1.48. The Labute approximate surface area is 215 Å². The molecule has 0 atom stereocenters. The molecule has 9 heteroatoms. The lowest BCUT2D eigenvalue weighted by Crippen LogP contribution is -2.29. The van der Waals surface area contributed by atoms with E-state index >= 15 is 0 Å². The van der Waals surface area contributed by atoms with Gasteiger partial charge in [0.25, 0.3) is 0 Å². The minimum atomic E-state index is -0.139. The maximum absolute atomic E-state index is 13.7. The molecule has 0 saturated carbocycles. The molecule has 1 N–H and O–H groups in total. The van der Waals surface area contributed by atoms with E-state index in [9.17, 15) is 4.79 Å². The molecular formula is C28H32N8O. The number of aryl methyl sites for hydroxylation is 1. The van der Waals surface area contributed by atoms with Gasteiger partial charge in [0.15, 0.2) is 5.82 Å².